The molecule has 1 aliphatic rings. The quantitative estimate of drug-likeness (QED) is 0.799. The molecule has 18 heavy (non-hydrogen) atoms. The second kappa shape index (κ2) is 4.57. The number of hydrogen-bond acceptors (Lipinski definition) is 4. The Morgan fingerprint density at radius 3 is 2.67 bits per heavy atom. The SMILES string of the molecule is CN1CCN(C(=O)c2ccc(N)nc2)CC1(C)C. The van der Waals surface area contributed by atoms with Crippen LogP contribution in [0.5, 0.6) is 0 Å². The van der Waals surface area contributed by atoms with Gasteiger partial charge in [-0.3, -0.25) is 9.69 Å². The Bertz CT molecular complexity index is 441. The molecule has 1 amide bonds. The van der Waals surface area contributed by atoms with Crippen molar-refractivity contribution in [1.29, 1.82) is 0 Å². The van der Waals surface area contributed by atoms with E-state index in [-0.39, 0.29) is 11.4 Å². The van der Waals surface area contributed by atoms with Gasteiger partial charge < -0.3 is 10.6 Å². The van der Waals surface area contributed by atoms with Crippen LogP contribution in [0.25, 0.3) is 0 Å². The summed E-state index contributed by atoms with van der Waals surface area (Å²) in [5, 5.41) is 0. The molecule has 1 aromatic heterocycles. The van der Waals surface area contributed by atoms with Crippen molar-refractivity contribution in [2.75, 3.05) is 32.4 Å². The van der Waals surface area contributed by atoms with Crippen molar-refractivity contribution in [3.8, 4) is 0 Å². The molecule has 0 atom stereocenters. The Balaban J connectivity index is 2.13. The Morgan fingerprint density at radius 1 is 1.39 bits per heavy atom. The highest BCUT2D eigenvalue weighted by atomic mass is 16.2. The fourth-order valence-corrected chi connectivity index (χ4v) is 2.13. The zero-order chi connectivity index (χ0) is 13.3. The number of carbonyl (C=O) groups excluding carboxylic acids is 1. The number of hydrogen-bond donors (Lipinski definition) is 1. The van der Waals surface area contributed by atoms with Gasteiger partial charge in [-0.05, 0) is 33.0 Å². The number of nitrogen functional groups attached to an aromatic ring is 1. The van der Waals surface area contributed by atoms with Crippen molar-refractivity contribution in [2.24, 2.45) is 0 Å². The lowest BCUT2D eigenvalue weighted by molar-refractivity contribution is 0.0311. The summed E-state index contributed by atoms with van der Waals surface area (Å²) in [6, 6.07) is 3.39. The van der Waals surface area contributed by atoms with Gasteiger partial charge in [-0.2, -0.15) is 0 Å². The molecule has 2 N–H and O–H groups in total. The zero-order valence-corrected chi connectivity index (χ0v) is 11.2. The molecular formula is C13H20N4O. The first-order valence-electron chi connectivity index (χ1n) is 6.12. The Kier molecular flexibility index (Phi) is 3.26. The van der Waals surface area contributed by atoms with Crippen LogP contribution in [0.15, 0.2) is 18.3 Å². The first-order valence-corrected chi connectivity index (χ1v) is 6.12. The summed E-state index contributed by atoms with van der Waals surface area (Å²) >= 11 is 0. The van der Waals surface area contributed by atoms with Gasteiger partial charge in [-0.15, -0.1) is 0 Å². The number of nitrogens with zero attached hydrogens (tertiary/aromatic N) is 3. The van der Waals surface area contributed by atoms with E-state index in [1.165, 1.54) is 0 Å². The maximum absolute atomic E-state index is 12.3. The second-order valence-corrected chi connectivity index (χ2v) is 5.43. The molecule has 0 radical (unpaired) electrons. The maximum Gasteiger partial charge on any atom is 0.255 e. The van der Waals surface area contributed by atoms with E-state index in [4.69, 9.17) is 5.73 Å². The molecule has 0 spiro atoms. The highest BCUT2D eigenvalue weighted by Crippen LogP contribution is 2.20. The van der Waals surface area contributed by atoms with E-state index in [0.717, 1.165) is 19.6 Å². The lowest BCUT2D eigenvalue weighted by atomic mass is 9.99. The molecular weight excluding hydrogens is 228 g/mol. The Labute approximate surface area is 108 Å². The van der Waals surface area contributed by atoms with Crippen LogP contribution < -0.4 is 5.73 Å². The van der Waals surface area contributed by atoms with Crippen molar-refractivity contribution in [2.45, 2.75) is 19.4 Å². The number of rotatable bonds is 1. The van der Waals surface area contributed by atoms with Crippen LogP contribution in [0, 0.1) is 0 Å². The summed E-state index contributed by atoms with van der Waals surface area (Å²) in [5.41, 5.74) is 6.13. The monoisotopic (exact) mass is 248 g/mol. The molecule has 0 saturated carbocycles. The highest BCUT2D eigenvalue weighted by Gasteiger charge is 2.33. The van der Waals surface area contributed by atoms with E-state index in [1.54, 1.807) is 18.3 Å². The minimum atomic E-state index is 0.00907. The van der Waals surface area contributed by atoms with Gasteiger partial charge in [0.15, 0.2) is 0 Å². The molecule has 0 aliphatic carbocycles. The largest absolute Gasteiger partial charge is 0.384 e. The van der Waals surface area contributed by atoms with Crippen LogP contribution in [0.2, 0.25) is 0 Å². The van der Waals surface area contributed by atoms with E-state index in [0.29, 0.717) is 11.4 Å². The minimum absolute atomic E-state index is 0.00907. The topological polar surface area (TPSA) is 62.5 Å². The first-order chi connectivity index (χ1) is 8.40. The fourth-order valence-electron chi connectivity index (χ4n) is 2.13. The smallest absolute Gasteiger partial charge is 0.255 e. The number of likely N-dealkylation sites (N-methyl/N-ethyl adjacent to an activating group) is 1. The number of anilines is 1. The molecule has 1 aromatic rings. The third kappa shape index (κ3) is 2.46. The maximum atomic E-state index is 12.3. The molecule has 1 fully saturated rings. The summed E-state index contributed by atoms with van der Waals surface area (Å²) < 4.78 is 0. The van der Waals surface area contributed by atoms with Gasteiger partial charge in [0.05, 0.1) is 5.56 Å². The standard InChI is InChI=1S/C13H20N4O/c1-13(2)9-17(7-6-16(13)3)12(18)10-4-5-11(14)15-8-10/h4-5,8H,6-7,9H2,1-3H3,(H2,14,15). The average Bonchev–Trinajstić information content (AvgIpc) is 2.33. The van der Waals surface area contributed by atoms with Gasteiger partial charge in [0, 0.05) is 31.4 Å². The van der Waals surface area contributed by atoms with Crippen molar-refractivity contribution >= 4 is 11.7 Å². The number of piperazine rings is 1. The van der Waals surface area contributed by atoms with Crippen molar-refractivity contribution in [1.82, 2.24) is 14.8 Å². The van der Waals surface area contributed by atoms with E-state index >= 15 is 0 Å². The molecule has 0 bridgehead atoms. The number of amides is 1. The van der Waals surface area contributed by atoms with Crippen molar-refractivity contribution in [3.05, 3.63) is 23.9 Å². The van der Waals surface area contributed by atoms with E-state index < -0.39 is 0 Å². The number of nitrogens with two attached hydrogens (primary N) is 1. The molecule has 1 saturated heterocycles. The van der Waals surface area contributed by atoms with Crippen LogP contribution in [0.4, 0.5) is 5.82 Å². The average molecular weight is 248 g/mol. The molecule has 5 nitrogen and oxygen atoms in total. The molecule has 2 heterocycles. The Morgan fingerprint density at radius 2 is 2.11 bits per heavy atom. The molecule has 0 aromatic carbocycles. The van der Waals surface area contributed by atoms with E-state index in [2.05, 4.69) is 30.8 Å². The van der Waals surface area contributed by atoms with E-state index in [1.807, 2.05) is 4.90 Å². The summed E-state index contributed by atoms with van der Waals surface area (Å²) in [6.07, 6.45) is 1.54. The molecule has 0 unspecified atom stereocenters. The molecule has 1 aliphatic heterocycles. The lowest BCUT2D eigenvalue weighted by Crippen LogP contribution is -2.58. The van der Waals surface area contributed by atoms with Gasteiger partial charge in [0.1, 0.15) is 5.82 Å². The number of aromatic nitrogens is 1. The van der Waals surface area contributed by atoms with Gasteiger partial charge in [-0.1, -0.05) is 0 Å². The van der Waals surface area contributed by atoms with Crippen LogP contribution in [-0.4, -0.2) is 52.9 Å². The molecule has 98 valence electrons. The molecule has 5 heteroatoms. The zero-order valence-electron chi connectivity index (χ0n) is 11.2. The van der Waals surface area contributed by atoms with Gasteiger partial charge in [0.25, 0.3) is 5.91 Å². The van der Waals surface area contributed by atoms with Crippen molar-refractivity contribution in [3.63, 3.8) is 0 Å². The highest BCUT2D eigenvalue weighted by molar-refractivity contribution is 5.94. The van der Waals surface area contributed by atoms with Gasteiger partial charge in [0.2, 0.25) is 0 Å². The van der Waals surface area contributed by atoms with Gasteiger partial charge >= 0.3 is 0 Å². The second-order valence-electron chi connectivity index (χ2n) is 5.43. The van der Waals surface area contributed by atoms with Crippen LogP contribution >= 0.6 is 0 Å². The molecule has 2 rings (SSSR count). The van der Waals surface area contributed by atoms with Crippen molar-refractivity contribution < 1.29 is 4.79 Å². The van der Waals surface area contributed by atoms with Gasteiger partial charge in [-0.25, -0.2) is 4.98 Å². The predicted molar refractivity (Wildman–Crippen MR) is 71.3 cm³/mol. The third-order valence-corrected chi connectivity index (χ3v) is 3.64. The number of carbonyl (C=O) groups is 1. The fraction of sp³-hybridized carbons (Fsp3) is 0.538. The van der Waals surface area contributed by atoms with Crippen LogP contribution in [-0.2, 0) is 0 Å². The summed E-state index contributed by atoms with van der Waals surface area (Å²) in [7, 11) is 2.09. The normalized spacial score (nSPS) is 19.8. The first kappa shape index (κ1) is 12.8. The minimum Gasteiger partial charge on any atom is -0.384 e. The van der Waals surface area contributed by atoms with Crippen LogP contribution in [0.3, 0.4) is 0 Å². The summed E-state index contributed by atoms with van der Waals surface area (Å²) in [4.78, 5) is 20.5. The lowest BCUT2D eigenvalue weighted by Gasteiger charge is -2.45. The Hall–Kier alpha value is -1.62. The number of pyridine rings is 1. The van der Waals surface area contributed by atoms with Crippen LogP contribution in [0.1, 0.15) is 24.2 Å². The summed E-state index contributed by atoms with van der Waals surface area (Å²) in [6.45, 7) is 6.67. The third-order valence-electron chi connectivity index (χ3n) is 3.64. The van der Waals surface area contributed by atoms with E-state index in [9.17, 15) is 4.79 Å². The predicted octanol–water partition coefficient (Wildman–Crippen LogP) is 0.830. The summed E-state index contributed by atoms with van der Waals surface area (Å²) in [5.74, 6) is 0.467.